The second-order valence-electron chi connectivity index (χ2n) is 6.44. The summed E-state index contributed by atoms with van der Waals surface area (Å²) in [5.74, 6) is 0. The summed E-state index contributed by atoms with van der Waals surface area (Å²) in [6.07, 6.45) is 15.5. The van der Waals surface area contributed by atoms with Crippen LogP contribution in [-0.2, 0) is 21.7 Å². The van der Waals surface area contributed by atoms with Crippen LogP contribution in [0.4, 0.5) is 0 Å². The van der Waals surface area contributed by atoms with E-state index in [0.717, 1.165) is 6.42 Å². The van der Waals surface area contributed by atoms with Gasteiger partial charge in [-0.3, -0.25) is 6.08 Å². The summed E-state index contributed by atoms with van der Waals surface area (Å²) in [5, 5.41) is 5.39. The maximum atomic E-state index is 3.34. The van der Waals surface area contributed by atoms with E-state index in [9.17, 15) is 0 Å². The average molecular weight is 433 g/mol. The van der Waals surface area contributed by atoms with Gasteiger partial charge in [-0.1, -0.05) is 75.4 Å². The van der Waals surface area contributed by atoms with Crippen molar-refractivity contribution in [2.45, 2.75) is 45.4 Å². The number of allylic oxidation sites excluding steroid dienone is 4. The molecule has 0 heterocycles. The molecule has 1 aliphatic carbocycles. The van der Waals surface area contributed by atoms with Crippen molar-refractivity contribution >= 4 is 21.5 Å². The van der Waals surface area contributed by atoms with Crippen molar-refractivity contribution in [2.24, 2.45) is 0 Å². The molecule has 0 fully saturated rings. The van der Waals surface area contributed by atoms with Crippen molar-refractivity contribution in [1.29, 1.82) is 0 Å². The fourth-order valence-electron chi connectivity index (χ4n) is 3.27. The zero-order chi connectivity index (χ0) is 16.6. The van der Waals surface area contributed by atoms with Gasteiger partial charge in [0.15, 0.2) is 0 Å². The third-order valence-electron chi connectivity index (χ3n) is 4.59. The van der Waals surface area contributed by atoms with Crippen LogP contribution in [0.1, 0.15) is 45.4 Å². The third kappa shape index (κ3) is 7.55. The predicted molar refractivity (Wildman–Crippen MR) is 106 cm³/mol. The van der Waals surface area contributed by atoms with Gasteiger partial charge in [0.2, 0.25) is 0 Å². The van der Waals surface area contributed by atoms with Crippen molar-refractivity contribution in [3.8, 4) is 0 Å². The smallest absolute Gasteiger partial charge is 1.00 e. The molecular weight excluding hydrogens is 407 g/mol. The van der Waals surface area contributed by atoms with Crippen LogP contribution in [0.3, 0.4) is 0 Å². The number of benzene rings is 2. The fourth-order valence-corrected chi connectivity index (χ4v) is 3.27. The summed E-state index contributed by atoms with van der Waals surface area (Å²) in [6, 6.07) is 19.3. The molecule has 0 saturated carbocycles. The van der Waals surface area contributed by atoms with Gasteiger partial charge in [-0.15, -0.1) is 46.2 Å². The molecule has 0 atom stereocenters. The minimum atomic E-state index is 0. The summed E-state index contributed by atoms with van der Waals surface area (Å²) >= 11 is 0. The van der Waals surface area contributed by atoms with Gasteiger partial charge in [0, 0.05) is 0 Å². The average Bonchev–Trinajstić information content (AvgIpc) is 3.27. The van der Waals surface area contributed by atoms with Crippen molar-refractivity contribution < 1.29 is 46.5 Å². The molecule has 0 unspecified atom stereocenters. The van der Waals surface area contributed by atoms with Gasteiger partial charge in [0.05, 0.1) is 0 Å². The van der Waals surface area contributed by atoms with E-state index >= 15 is 0 Å². The first-order valence-electron chi connectivity index (χ1n) is 9.18. The Hall–Kier alpha value is -0.916. The summed E-state index contributed by atoms with van der Waals surface area (Å²) in [4.78, 5) is 0. The van der Waals surface area contributed by atoms with Crippen LogP contribution in [0.2, 0.25) is 0 Å². The molecule has 0 aliphatic heterocycles. The summed E-state index contributed by atoms with van der Waals surface area (Å²) < 4.78 is 0. The van der Waals surface area contributed by atoms with E-state index in [1.54, 1.807) is 0 Å². The Labute approximate surface area is 191 Å². The SMILES string of the molecule is CCCCCCC1=[C-]CC=C1.[Cl-].[Cl-].[Ti+4].c1ccc2c(c1)[cH-]c1ccccc12. The molecule has 0 saturated heterocycles. The monoisotopic (exact) mass is 432 g/mol. The normalized spacial score (nSPS) is 11.7. The molecule has 140 valence electrons. The Morgan fingerprint density at radius 3 is 1.96 bits per heavy atom. The van der Waals surface area contributed by atoms with E-state index in [0.29, 0.717) is 0 Å². The minimum absolute atomic E-state index is 0. The first kappa shape index (κ1) is 26.1. The minimum Gasteiger partial charge on any atom is -1.00 e. The number of fused-ring (bicyclic) bond motifs is 3. The molecular formula is C24H26Cl2Ti. The second kappa shape index (κ2) is 14.1. The summed E-state index contributed by atoms with van der Waals surface area (Å²) in [7, 11) is 0. The zero-order valence-corrected chi connectivity index (χ0v) is 18.9. The van der Waals surface area contributed by atoms with Gasteiger partial charge < -0.3 is 24.8 Å². The molecule has 3 heteroatoms. The fraction of sp³-hybridized carbons (Fsp3) is 0.292. The van der Waals surface area contributed by atoms with E-state index in [2.05, 4.69) is 79.7 Å². The van der Waals surface area contributed by atoms with E-state index in [1.807, 2.05) is 0 Å². The molecule has 1 aliphatic rings. The number of unbranched alkanes of at least 4 members (excludes halogenated alkanes) is 3. The van der Waals surface area contributed by atoms with Gasteiger partial charge >= 0.3 is 21.7 Å². The van der Waals surface area contributed by atoms with Crippen molar-refractivity contribution in [1.82, 2.24) is 0 Å². The van der Waals surface area contributed by atoms with E-state index in [4.69, 9.17) is 0 Å². The number of hydrogen-bond acceptors (Lipinski definition) is 0. The third-order valence-corrected chi connectivity index (χ3v) is 4.59. The molecule has 0 spiro atoms. The van der Waals surface area contributed by atoms with Crippen LogP contribution in [-0.4, -0.2) is 0 Å². The van der Waals surface area contributed by atoms with Gasteiger partial charge in [0.1, 0.15) is 0 Å². The maximum Gasteiger partial charge on any atom is 4.00 e. The number of hydrogen-bond donors (Lipinski definition) is 0. The zero-order valence-electron chi connectivity index (χ0n) is 15.8. The number of halogens is 2. The summed E-state index contributed by atoms with van der Waals surface area (Å²) in [5.41, 5.74) is 1.43. The Bertz CT molecular complexity index is 795. The molecule has 3 aromatic carbocycles. The van der Waals surface area contributed by atoms with E-state index in [1.165, 1.54) is 59.2 Å². The molecule has 0 aromatic heterocycles. The second-order valence-corrected chi connectivity index (χ2v) is 6.44. The van der Waals surface area contributed by atoms with Crippen molar-refractivity contribution in [3.05, 3.63) is 78.4 Å². The van der Waals surface area contributed by atoms with Crippen molar-refractivity contribution in [3.63, 3.8) is 0 Å². The van der Waals surface area contributed by atoms with Crippen LogP contribution in [0, 0.1) is 6.08 Å². The van der Waals surface area contributed by atoms with Crippen LogP contribution >= 0.6 is 0 Å². The molecule has 0 nitrogen and oxygen atoms in total. The first-order chi connectivity index (χ1) is 11.9. The van der Waals surface area contributed by atoms with E-state index < -0.39 is 0 Å². The van der Waals surface area contributed by atoms with Gasteiger partial charge in [0.25, 0.3) is 0 Å². The van der Waals surface area contributed by atoms with Crippen LogP contribution in [0.15, 0.2) is 72.3 Å². The summed E-state index contributed by atoms with van der Waals surface area (Å²) in [6.45, 7) is 2.25. The molecule has 0 bridgehead atoms. The van der Waals surface area contributed by atoms with E-state index in [-0.39, 0.29) is 46.5 Å². The first-order valence-corrected chi connectivity index (χ1v) is 9.18. The van der Waals surface area contributed by atoms with Gasteiger partial charge in [-0.25, -0.2) is 11.6 Å². The molecule has 0 radical (unpaired) electrons. The largest absolute Gasteiger partial charge is 4.00 e. The predicted octanol–water partition coefficient (Wildman–Crippen LogP) is 1.36. The standard InChI is InChI=1S/C13H9.C11H17.2ClH.Ti/c1-3-7-12-10(5-1)9-11-6-2-4-8-13(11)12;1-2-3-4-5-8-11-9-6-7-10-11;;;/h1-9H;6,9H,2-5,7-8H2,1H3;2*1H;/q2*-1;;;+4/p-2. The Morgan fingerprint density at radius 2 is 1.44 bits per heavy atom. The van der Waals surface area contributed by atoms with Crippen LogP contribution in [0.25, 0.3) is 21.5 Å². The maximum absolute atomic E-state index is 3.34. The molecule has 0 N–H and O–H groups in total. The molecule has 0 amide bonds. The molecule has 27 heavy (non-hydrogen) atoms. The Balaban J connectivity index is 0.000000457. The van der Waals surface area contributed by atoms with Gasteiger partial charge in [-0.05, 0) is 0 Å². The molecule has 4 rings (SSSR count). The van der Waals surface area contributed by atoms with Crippen molar-refractivity contribution in [2.75, 3.05) is 0 Å². The Kier molecular flexibility index (Phi) is 13.7. The van der Waals surface area contributed by atoms with Crippen LogP contribution < -0.4 is 24.8 Å². The Morgan fingerprint density at radius 1 is 0.852 bits per heavy atom. The number of rotatable bonds is 5. The van der Waals surface area contributed by atoms with Crippen LogP contribution in [0.5, 0.6) is 0 Å². The quantitative estimate of drug-likeness (QED) is 0.324. The van der Waals surface area contributed by atoms with Gasteiger partial charge in [-0.2, -0.15) is 6.08 Å². The topological polar surface area (TPSA) is 0 Å². The molecule has 3 aromatic rings.